The first-order chi connectivity index (χ1) is 15.0. The first-order valence-corrected chi connectivity index (χ1v) is 11.2. The zero-order chi connectivity index (χ0) is 21.5. The molecule has 158 valence electrons. The summed E-state index contributed by atoms with van der Waals surface area (Å²) in [7, 11) is 0. The van der Waals surface area contributed by atoms with Gasteiger partial charge in [-0.25, -0.2) is 9.97 Å². The minimum atomic E-state index is -0.0966. The number of hydrogen-bond donors (Lipinski definition) is 1. The number of fused-ring (bicyclic) bond motifs is 2. The summed E-state index contributed by atoms with van der Waals surface area (Å²) in [6.45, 7) is 5.14. The monoisotopic (exact) mass is 433 g/mol. The third-order valence-corrected chi connectivity index (χ3v) is 6.78. The van der Waals surface area contributed by atoms with Crippen LogP contribution in [0.5, 0.6) is 0 Å². The number of hydrogen-bond acceptors (Lipinski definition) is 5. The molecule has 7 nitrogen and oxygen atoms in total. The van der Waals surface area contributed by atoms with Crippen LogP contribution in [-0.2, 0) is 0 Å². The molecule has 0 radical (unpaired) electrons. The molecule has 3 aromatic heterocycles. The van der Waals surface area contributed by atoms with E-state index in [2.05, 4.69) is 27.4 Å². The van der Waals surface area contributed by atoms with E-state index in [1.807, 2.05) is 37.1 Å². The summed E-state index contributed by atoms with van der Waals surface area (Å²) >= 11 is 1.53. The Bertz CT molecular complexity index is 1260. The second-order valence-corrected chi connectivity index (χ2v) is 9.21. The van der Waals surface area contributed by atoms with Crippen LogP contribution in [0.25, 0.3) is 15.9 Å². The number of aromatic nitrogens is 3. The smallest absolute Gasteiger partial charge is 0.274 e. The second kappa shape index (κ2) is 7.77. The van der Waals surface area contributed by atoms with Crippen LogP contribution in [0, 0.1) is 0 Å². The molecule has 1 aliphatic rings. The second-order valence-electron chi connectivity index (χ2n) is 8.16. The van der Waals surface area contributed by atoms with Crippen molar-refractivity contribution in [3.63, 3.8) is 0 Å². The highest BCUT2D eigenvalue weighted by atomic mass is 32.1. The Morgan fingerprint density at radius 3 is 2.87 bits per heavy atom. The Morgan fingerprint density at radius 2 is 2.06 bits per heavy atom. The number of imidazole rings is 1. The van der Waals surface area contributed by atoms with Crippen molar-refractivity contribution in [2.24, 2.45) is 0 Å². The van der Waals surface area contributed by atoms with E-state index < -0.39 is 0 Å². The Hall–Kier alpha value is -3.26. The maximum absolute atomic E-state index is 13.1. The topological polar surface area (TPSA) is 79.6 Å². The number of carbonyl (C=O) groups excluding carboxylic acids is 2. The van der Waals surface area contributed by atoms with Crippen LogP contribution < -0.4 is 5.32 Å². The fourth-order valence-corrected chi connectivity index (χ4v) is 5.44. The van der Waals surface area contributed by atoms with Crippen molar-refractivity contribution in [3.05, 3.63) is 65.1 Å². The molecule has 1 saturated heterocycles. The molecule has 0 unspecified atom stereocenters. The first-order valence-electron chi connectivity index (χ1n) is 10.4. The van der Waals surface area contributed by atoms with E-state index >= 15 is 0 Å². The van der Waals surface area contributed by atoms with Gasteiger partial charge in [-0.05, 0) is 43.4 Å². The first kappa shape index (κ1) is 19.7. The number of carbonyl (C=O) groups is 2. The van der Waals surface area contributed by atoms with E-state index in [4.69, 9.17) is 0 Å². The molecule has 5 rings (SSSR count). The number of likely N-dealkylation sites (tertiary alicyclic amines) is 1. The van der Waals surface area contributed by atoms with Crippen LogP contribution >= 0.6 is 11.3 Å². The minimum absolute atomic E-state index is 0.0394. The highest BCUT2D eigenvalue weighted by Gasteiger charge is 2.33. The van der Waals surface area contributed by atoms with Crippen molar-refractivity contribution in [1.29, 1.82) is 0 Å². The maximum Gasteiger partial charge on any atom is 0.274 e. The molecular formula is C23H23N5O2S. The number of benzene rings is 1. The average Bonchev–Trinajstić information content (AvgIpc) is 3.48. The predicted octanol–water partition coefficient (Wildman–Crippen LogP) is 3.71. The lowest BCUT2D eigenvalue weighted by atomic mass is 9.95. The Kier molecular flexibility index (Phi) is 4.94. The molecule has 2 amide bonds. The van der Waals surface area contributed by atoms with Crippen molar-refractivity contribution in [2.75, 3.05) is 13.1 Å². The van der Waals surface area contributed by atoms with Gasteiger partial charge < -0.3 is 10.2 Å². The molecule has 0 spiro atoms. The molecule has 0 saturated carbocycles. The van der Waals surface area contributed by atoms with Crippen LogP contribution in [0.3, 0.4) is 0 Å². The summed E-state index contributed by atoms with van der Waals surface area (Å²) in [5.41, 5.74) is 1.46. The van der Waals surface area contributed by atoms with Gasteiger partial charge in [-0.1, -0.05) is 18.2 Å². The van der Waals surface area contributed by atoms with Gasteiger partial charge in [0.25, 0.3) is 11.8 Å². The van der Waals surface area contributed by atoms with Gasteiger partial charge in [0.1, 0.15) is 5.69 Å². The fourth-order valence-electron chi connectivity index (χ4n) is 4.24. The van der Waals surface area contributed by atoms with Gasteiger partial charge in [-0.15, -0.1) is 11.3 Å². The van der Waals surface area contributed by atoms with Gasteiger partial charge in [0, 0.05) is 48.3 Å². The number of thiophene rings is 1. The van der Waals surface area contributed by atoms with Gasteiger partial charge >= 0.3 is 0 Å². The lowest BCUT2D eigenvalue weighted by Crippen LogP contribution is -2.31. The molecule has 0 bridgehead atoms. The third kappa shape index (κ3) is 3.57. The number of nitrogens with one attached hydrogen (secondary N) is 1. The summed E-state index contributed by atoms with van der Waals surface area (Å²) < 4.78 is 2.85. The van der Waals surface area contributed by atoms with Crippen molar-refractivity contribution < 1.29 is 9.59 Å². The standard InChI is InChI=1S/C23H23N5O2S/c1-14(2)25-21(29)20-19(16-6-3-4-7-18(16)31-20)15-8-11-27(12-15)22(30)17-13-28-10-5-9-24-23(28)26-17/h3-7,9-10,13-15H,8,11-12H2,1-2H3,(H,25,29)/t15-/m0/s1. The van der Waals surface area contributed by atoms with Crippen LogP contribution in [0.2, 0.25) is 0 Å². The van der Waals surface area contributed by atoms with Crippen molar-refractivity contribution in [2.45, 2.75) is 32.2 Å². The van der Waals surface area contributed by atoms with Crippen molar-refractivity contribution in [1.82, 2.24) is 24.6 Å². The van der Waals surface area contributed by atoms with Crippen LogP contribution in [0.1, 0.15) is 51.9 Å². The molecule has 4 heterocycles. The normalized spacial score (nSPS) is 16.5. The van der Waals surface area contributed by atoms with Crippen LogP contribution in [0.15, 0.2) is 48.9 Å². The molecule has 4 aromatic rings. The Balaban J connectivity index is 1.45. The van der Waals surface area contributed by atoms with E-state index in [9.17, 15) is 9.59 Å². The van der Waals surface area contributed by atoms with Gasteiger partial charge in [-0.3, -0.25) is 14.0 Å². The van der Waals surface area contributed by atoms with Gasteiger partial charge in [-0.2, -0.15) is 0 Å². The maximum atomic E-state index is 13.1. The number of nitrogens with zero attached hydrogens (tertiary/aromatic N) is 4. The zero-order valence-corrected chi connectivity index (χ0v) is 18.2. The highest BCUT2D eigenvalue weighted by Crippen LogP contribution is 2.40. The fraction of sp³-hybridized carbons (Fsp3) is 0.304. The van der Waals surface area contributed by atoms with E-state index in [-0.39, 0.29) is 23.8 Å². The summed E-state index contributed by atoms with van der Waals surface area (Å²) in [6, 6.07) is 10.00. The van der Waals surface area contributed by atoms with E-state index in [1.54, 1.807) is 22.9 Å². The molecule has 1 aromatic carbocycles. The van der Waals surface area contributed by atoms with E-state index in [0.717, 1.165) is 26.9 Å². The van der Waals surface area contributed by atoms with Gasteiger partial charge in [0.05, 0.1) is 4.88 Å². The van der Waals surface area contributed by atoms with Crippen LogP contribution in [0.4, 0.5) is 0 Å². The van der Waals surface area contributed by atoms with Gasteiger partial charge in [0.2, 0.25) is 5.78 Å². The summed E-state index contributed by atoms with van der Waals surface area (Å²) in [4.78, 5) is 37.2. The lowest BCUT2D eigenvalue weighted by Gasteiger charge is -2.16. The SMILES string of the molecule is CC(C)NC(=O)c1sc2ccccc2c1[C@H]1CCN(C(=O)c2cn3cccnc3n2)C1. The van der Waals surface area contributed by atoms with E-state index in [1.165, 1.54) is 11.3 Å². The quantitative estimate of drug-likeness (QED) is 0.532. The minimum Gasteiger partial charge on any atom is -0.349 e. The molecule has 0 aliphatic carbocycles. The lowest BCUT2D eigenvalue weighted by molar-refractivity contribution is 0.0785. The van der Waals surface area contributed by atoms with Crippen molar-refractivity contribution >= 4 is 39.0 Å². The molecule has 1 fully saturated rings. The average molecular weight is 434 g/mol. The zero-order valence-electron chi connectivity index (χ0n) is 17.4. The van der Waals surface area contributed by atoms with Crippen molar-refractivity contribution in [3.8, 4) is 0 Å². The predicted molar refractivity (Wildman–Crippen MR) is 121 cm³/mol. The summed E-state index contributed by atoms with van der Waals surface area (Å²) in [5, 5.41) is 4.14. The summed E-state index contributed by atoms with van der Waals surface area (Å²) in [5.74, 6) is 0.490. The molecule has 8 heteroatoms. The molecule has 1 aliphatic heterocycles. The Labute approximate surface area is 183 Å². The van der Waals surface area contributed by atoms with Crippen LogP contribution in [-0.4, -0.2) is 50.2 Å². The number of amides is 2. The molecule has 1 atom stereocenters. The van der Waals surface area contributed by atoms with Gasteiger partial charge in [0.15, 0.2) is 0 Å². The molecular weight excluding hydrogens is 410 g/mol. The highest BCUT2D eigenvalue weighted by molar-refractivity contribution is 7.21. The largest absolute Gasteiger partial charge is 0.349 e. The molecule has 31 heavy (non-hydrogen) atoms. The Morgan fingerprint density at radius 1 is 1.23 bits per heavy atom. The third-order valence-electron chi connectivity index (χ3n) is 5.60. The number of rotatable bonds is 4. The molecule has 1 N–H and O–H groups in total. The summed E-state index contributed by atoms with van der Waals surface area (Å²) in [6.07, 6.45) is 6.03. The van der Waals surface area contributed by atoms with E-state index in [0.29, 0.717) is 24.6 Å².